The van der Waals surface area contributed by atoms with Gasteiger partial charge in [0.2, 0.25) is 0 Å². The van der Waals surface area contributed by atoms with E-state index in [-0.39, 0.29) is 6.42 Å². The minimum atomic E-state index is -0.783. The minimum absolute atomic E-state index is 0.130. The van der Waals surface area contributed by atoms with Crippen LogP contribution in [0.3, 0.4) is 0 Å². The number of carbonyl (C=O) groups is 1. The quantitative estimate of drug-likeness (QED) is 0.898. The van der Waals surface area contributed by atoms with Crippen LogP contribution in [0.15, 0.2) is 30.5 Å². The predicted molar refractivity (Wildman–Crippen MR) is 69.3 cm³/mol. The SMILES string of the molecule is Cc1ccccc1-c1nn(C)cc1CCC(=O)O. The van der Waals surface area contributed by atoms with Crippen molar-refractivity contribution in [1.82, 2.24) is 9.78 Å². The molecule has 0 unspecified atom stereocenters. The van der Waals surface area contributed by atoms with Crippen molar-refractivity contribution in [2.75, 3.05) is 0 Å². The number of aromatic nitrogens is 2. The zero-order valence-electron chi connectivity index (χ0n) is 10.6. The van der Waals surface area contributed by atoms with E-state index in [4.69, 9.17) is 5.11 Å². The molecule has 2 rings (SSSR count). The van der Waals surface area contributed by atoms with Gasteiger partial charge in [0, 0.05) is 25.2 Å². The third-order valence-electron chi connectivity index (χ3n) is 2.91. The van der Waals surface area contributed by atoms with Crippen LogP contribution in [0.25, 0.3) is 11.3 Å². The predicted octanol–water partition coefficient (Wildman–Crippen LogP) is 2.41. The van der Waals surface area contributed by atoms with Crippen molar-refractivity contribution in [2.24, 2.45) is 7.05 Å². The first-order valence-corrected chi connectivity index (χ1v) is 5.88. The highest BCUT2D eigenvalue weighted by Gasteiger charge is 2.12. The van der Waals surface area contributed by atoms with E-state index in [0.717, 1.165) is 22.4 Å². The van der Waals surface area contributed by atoms with Crippen LogP contribution in [0.2, 0.25) is 0 Å². The smallest absolute Gasteiger partial charge is 0.303 e. The lowest BCUT2D eigenvalue weighted by Crippen LogP contribution is -1.98. The van der Waals surface area contributed by atoms with Crippen molar-refractivity contribution in [3.05, 3.63) is 41.6 Å². The Hall–Kier alpha value is -2.10. The molecular weight excluding hydrogens is 228 g/mol. The van der Waals surface area contributed by atoms with E-state index in [1.807, 2.05) is 44.4 Å². The van der Waals surface area contributed by atoms with Crippen LogP contribution in [-0.4, -0.2) is 20.9 Å². The fourth-order valence-electron chi connectivity index (χ4n) is 2.03. The summed E-state index contributed by atoms with van der Waals surface area (Å²) in [5.74, 6) is -0.783. The number of carboxylic acid groups (broad SMARTS) is 1. The second kappa shape index (κ2) is 5.04. The van der Waals surface area contributed by atoms with Gasteiger partial charge in [-0.15, -0.1) is 0 Å². The standard InChI is InChI=1S/C14H16N2O2/c1-10-5-3-4-6-12(10)14-11(7-8-13(17)18)9-16(2)15-14/h3-6,9H,7-8H2,1-2H3,(H,17,18). The van der Waals surface area contributed by atoms with Crippen molar-refractivity contribution < 1.29 is 9.90 Å². The van der Waals surface area contributed by atoms with Crippen LogP contribution in [-0.2, 0) is 18.3 Å². The molecular formula is C14H16N2O2. The van der Waals surface area contributed by atoms with Crippen molar-refractivity contribution in [1.29, 1.82) is 0 Å². The normalized spacial score (nSPS) is 10.6. The maximum Gasteiger partial charge on any atom is 0.303 e. The summed E-state index contributed by atoms with van der Waals surface area (Å²) >= 11 is 0. The van der Waals surface area contributed by atoms with Gasteiger partial charge >= 0.3 is 5.97 Å². The molecule has 0 fully saturated rings. The number of rotatable bonds is 4. The molecule has 0 aliphatic heterocycles. The van der Waals surface area contributed by atoms with Crippen molar-refractivity contribution >= 4 is 5.97 Å². The second-order valence-electron chi connectivity index (χ2n) is 4.39. The molecule has 0 radical (unpaired) electrons. The second-order valence-corrected chi connectivity index (χ2v) is 4.39. The van der Waals surface area contributed by atoms with Gasteiger partial charge in [-0.1, -0.05) is 24.3 Å². The van der Waals surface area contributed by atoms with Crippen LogP contribution in [0, 0.1) is 6.92 Å². The molecule has 2 aromatic rings. The van der Waals surface area contributed by atoms with Gasteiger partial charge in [-0.05, 0) is 24.5 Å². The molecule has 1 heterocycles. The molecule has 4 nitrogen and oxygen atoms in total. The molecule has 4 heteroatoms. The summed E-state index contributed by atoms with van der Waals surface area (Å²) in [6.45, 7) is 2.03. The Morgan fingerprint density at radius 1 is 1.39 bits per heavy atom. The third-order valence-corrected chi connectivity index (χ3v) is 2.91. The maximum atomic E-state index is 10.7. The molecule has 18 heavy (non-hydrogen) atoms. The summed E-state index contributed by atoms with van der Waals surface area (Å²) < 4.78 is 1.74. The zero-order chi connectivity index (χ0) is 13.1. The van der Waals surface area contributed by atoms with Crippen molar-refractivity contribution in [2.45, 2.75) is 19.8 Å². The highest BCUT2D eigenvalue weighted by Crippen LogP contribution is 2.25. The molecule has 94 valence electrons. The largest absolute Gasteiger partial charge is 0.481 e. The van der Waals surface area contributed by atoms with E-state index >= 15 is 0 Å². The van der Waals surface area contributed by atoms with Gasteiger partial charge in [-0.25, -0.2) is 0 Å². The highest BCUT2D eigenvalue weighted by atomic mass is 16.4. The van der Waals surface area contributed by atoms with Gasteiger partial charge in [0.25, 0.3) is 0 Å². The zero-order valence-corrected chi connectivity index (χ0v) is 10.6. The lowest BCUT2D eigenvalue weighted by molar-refractivity contribution is -0.136. The summed E-state index contributed by atoms with van der Waals surface area (Å²) in [5.41, 5.74) is 4.08. The monoisotopic (exact) mass is 244 g/mol. The average Bonchev–Trinajstić information content (AvgIpc) is 2.68. The number of nitrogens with zero attached hydrogens (tertiary/aromatic N) is 2. The number of aliphatic carboxylic acids is 1. The lowest BCUT2D eigenvalue weighted by atomic mass is 10.0. The van der Waals surface area contributed by atoms with Gasteiger partial charge in [-0.2, -0.15) is 5.10 Å². The summed E-state index contributed by atoms with van der Waals surface area (Å²) in [6, 6.07) is 8.00. The average molecular weight is 244 g/mol. The van der Waals surface area contributed by atoms with Crippen molar-refractivity contribution in [3.8, 4) is 11.3 Å². The fraction of sp³-hybridized carbons (Fsp3) is 0.286. The summed E-state index contributed by atoms with van der Waals surface area (Å²) in [4.78, 5) is 10.7. The maximum absolute atomic E-state index is 10.7. The van der Waals surface area contributed by atoms with E-state index in [0.29, 0.717) is 6.42 Å². The molecule has 0 bridgehead atoms. The number of carboxylic acids is 1. The Morgan fingerprint density at radius 3 is 2.78 bits per heavy atom. The van der Waals surface area contributed by atoms with E-state index in [9.17, 15) is 4.79 Å². The molecule has 0 aliphatic carbocycles. The van der Waals surface area contributed by atoms with E-state index < -0.39 is 5.97 Å². The molecule has 1 aromatic carbocycles. The van der Waals surface area contributed by atoms with Crippen LogP contribution in [0.5, 0.6) is 0 Å². The number of hydrogen-bond acceptors (Lipinski definition) is 2. The van der Waals surface area contributed by atoms with Gasteiger partial charge in [0.15, 0.2) is 0 Å². The molecule has 1 N–H and O–H groups in total. The summed E-state index contributed by atoms with van der Waals surface area (Å²) in [7, 11) is 1.85. The number of hydrogen-bond donors (Lipinski definition) is 1. The van der Waals surface area contributed by atoms with E-state index in [2.05, 4.69) is 5.10 Å². The van der Waals surface area contributed by atoms with Crippen molar-refractivity contribution in [3.63, 3.8) is 0 Å². The number of aryl methyl sites for hydroxylation is 3. The Bertz CT molecular complexity index is 573. The molecule has 0 saturated carbocycles. The molecule has 0 spiro atoms. The summed E-state index contributed by atoms with van der Waals surface area (Å²) in [5, 5.41) is 13.2. The van der Waals surface area contributed by atoms with E-state index in [1.165, 1.54) is 0 Å². The Morgan fingerprint density at radius 2 is 2.11 bits per heavy atom. The topological polar surface area (TPSA) is 55.1 Å². The first-order valence-electron chi connectivity index (χ1n) is 5.88. The fourth-order valence-corrected chi connectivity index (χ4v) is 2.03. The van der Waals surface area contributed by atoms with Gasteiger partial charge in [0.1, 0.15) is 0 Å². The van der Waals surface area contributed by atoms with Gasteiger partial charge < -0.3 is 5.11 Å². The summed E-state index contributed by atoms with van der Waals surface area (Å²) in [6.07, 6.45) is 2.53. The van der Waals surface area contributed by atoms with Crippen LogP contribution in [0.4, 0.5) is 0 Å². The molecule has 0 atom stereocenters. The van der Waals surface area contributed by atoms with Crippen LogP contribution >= 0.6 is 0 Å². The first kappa shape index (κ1) is 12.4. The van der Waals surface area contributed by atoms with Crippen LogP contribution < -0.4 is 0 Å². The molecule has 0 amide bonds. The van der Waals surface area contributed by atoms with E-state index in [1.54, 1.807) is 4.68 Å². The minimum Gasteiger partial charge on any atom is -0.481 e. The molecule has 0 aliphatic rings. The Balaban J connectivity index is 2.38. The van der Waals surface area contributed by atoms with Crippen LogP contribution in [0.1, 0.15) is 17.5 Å². The first-order chi connectivity index (χ1) is 8.58. The van der Waals surface area contributed by atoms with Gasteiger partial charge in [-0.3, -0.25) is 9.48 Å². The molecule has 1 aromatic heterocycles. The number of benzene rings is 1. The Labute approximate surface area is 106 Å². The van der Waals surface area contributed by atoms with Gasteiger partial charge in [0.05, 0.1) is 5.69 Å². The molecule has 0 saturated heterocycles. The third kappa shape index (κ3) is 2.59. The lowest BCUT2D eigenvalue weighted by Gasteiger charge is -2.04. The Kier molecular flexibility index (Phi) is 3.46. The highest BCUT2D eigenvalue weighted by molar-refractivity contribution is 5.70.